The van der Waals surface area contributed by atoms with Crippen molar-refractivity contribution < 1.29 is 9.53 Å². The van der Waals surface area contributed by atoms with Crippen LogP contribution in [0.5, 0.6) is 0 Å². The predicted octanol–water partition coefficient (Wildman–Crippen LogP) is 5.28. The number of hydrogen-bond donors (Lipinski definition) is 1. The van der Waals surface area contributed by atoms with E-state index < -0.39 is 0 Å². The highest BCUT2D eigenvalue weighted by molar-refractivity contribution is 7.80. The summed E-state index contributed by atoms with van der Waals surface area (Å²) in [6.45, 7) is 7.45. The lowest BCUT2D eigenvalue weighted by Gasteiger charge is -2.12. The van der Waals surface area contributed by atoms with Gasteiger partial charge in [-0.05, 0) is 19.8 Å². The van der Waals surface area contributed by atoms with E-state index in [0.717, 1.165) is 12.8 Å². The molecular weight excluding hydrogens is 256 g/mol. The summed E-state index contributed by atoms with van der Waals surface area (Å²) in [4.78, 5) is 11.2. The third-order valence-electron chi connectivity index (χ3n) is 3.15. The van der Waals surface area contributed by atoms with E-state index in [9.17, 15) is 4.79 Å². The van der Waals surface area contributed by atoms with Crippen molar-refractivity contribution in [2.75, 3.05) is 0 Å². The number of unbranched alkanes of at least 4 members (excludes halogenated alkanes) is 8. The van der Waals surface area contributed by atoms with Crippen molar-refractivity contribution in [3.05, 3.63) is 12.2 Å². The first-order chi connectivity index (χ1) is 9.07. The Bertz CT molecular complexity index is 251. The van der Waals surface area contributed by atoms with Crippen molar-refractivity contribution in [2.45, 2.75) is 83.5 Å². The van der Waals surface area contributed by atoms with Crippen molar-refractivity contribution >= 4 is 18.6 Å². The maximum atomic E-state index is 11.2. The van der Waals surface area contributed by atoms with E-state index in [0.29, 0.717) is 5.57 Å². The molecule has 3 heteroatoms. The molecule has 0 rings (SSSR count). The Hall–Kier alpha value is -0.440. The number of thiol groups is 1. The van der Waals surface area contributed by atoms with Gasteiger partial charge in [-0.15, -0.1) is 12.6 Å². The van der Waals surface area contributed by atoms with Crippen LogP contribution in [0.2, 0.25) is 0 Å². The summed E-state index contributed by atoms with van der Waals surface area (Å²) < 4.78 is 5.11. The smallest absolute Gasteiger partial charge is 0.334 e. The number of carbonyl (C=O) groups excluding carboxylic acids is 1. The molecule has 0 fully saturated rings. The molecule has 19 heavy (non-hydrogen) atoms. The maximum absolute atomic E-state index is 11.2. The van der Waals surface area contributed by atoms with Crippen LogP contribution in [-0.2, 0) is 9.53 Å². The van der Waals surface area contributed by atoms with E-state index >= 15 is 0 Å². The fourth-order valence-corrected chi connectivity index (χ4v) is 2.19. The Balaban J connectivity index is 3.29. The molecule has 0 aliphatic heterocycles. The van der Waals surface area contributed by atoms with Crippen LogP contribution in [0.4, 0.5) is 0 Å². The fraction of sp³-hybridized carbons (Fsp3) is 0.812. The van der Waals surface area contributed by atoms with Crippen LogP contribution in [-0.4, -0.2) is 11.4 Å². The van der Waals surface area contributed by atoms with Gasteiger partial charge in [0, 0.05) is 5.57 Å². The predicted molar refractivity (Wildman–Crippen MR) is 85.5 cm³/mol. The highest BCUT2D eigenvalue weighted by Crippen LogP contribution is 2.14. The van der Waals surface area contributed by atoms with E-state index in [1.165, 1.54) is 51.4 Å². The number of carbonyl (C=O) groups is 1. The summed E-state index contributed by atoms with van der Waals surface area (Å²) in [7, 11) is 0. The molecule has 1 unspecified atom stereocenters. The van der Waals surface area contributed by atoms with Gasteiger partial charge in [0.2, 0.25) is 0 Å². The Labute approximate surface area is 124 Å². The molecular formula is C16H30O2S. The third-order valence-corrected chi connectivity index (χ3v) is 3.51. The lowest BCUT2D eigenvalue weighted by Crippen LogP contribution is -2.13. The number of esters is 1. The van der Waals surface area contributed by atoms with Gasteiger partial charge < -0.3 is 4.74 Å². The molecule has 0 bridgehead atoms. The van der Waals surface area contributed by atoms with Gasteiger partial charge in [-0.25, -0.2) is 4.79 Å². The molecule has 112 valence electrons. The van der Waals surface area contributed by atoms with Crippen LogP contribution in [0.1, 0.15) is 78.1 Å². The van der Waals surface area contributed by atoms with Gasteiger partial charge in [0.1, 0.15) is 5.44 Å². The molecule has 0 heterocycles. The second kappa shape index (κ2) is 12.6. The van der Waals surface area contributed by atoms with Crippen molar-refractivity contribution in [3.8, 4) is 0 Å². The van der Waals surface area contributed by atoms with Crippen LogP contribution in [0.25, 0.3) is 0 Å². The second-order valence-corrected chi connectivity index (χ2v) is 5.83. The Morgan fingerprint density at radius 3 is 2.00 bits per heavy atom. The molecule has 0 aromatic carbocycles. The monoisotopic (exact) mass is 286 g/mol. The molecule has 0 saturated heterocycles. The lowest BCUT2D eigenvalue weighted by molar-refractivity contribution is -0.140. The number of rotatable bonds is 12. The SMILES string of the molecule is C=C(C)C(=O)OC(S)CCCCCCCCCCC. The molecule has 0 aromatic heterocycles. The minimum absolute atomic E-state index is 0.284. The molecule has 0 saturated carbocycles. The van der Waals surface area contributed by atoms with Crippen LogP contribution in [0.15, 0.2) is 12.2 Å². The summed E-state index contributed by atoms with van der Waals surface area (Å²) in [6, 6.07) is 0. The third kappa shape index (κ3) is 12.3. The fourth-order valence-electron chi connectivity index (χ4n) is 1.91. The zero-order chi connectivity index (χ0) is 14.5. The summed E-state index contributed by atoms with van der Waals surface area (Å²) >= 11 is 4.26. The molecule has 0 spiro atoms. The minimum atomic E-state index is -0.337. The van der Waals surface area contributed by atoms with Gasteiger partial charge in [0.05, 0.1) is 0 Å². The average Bonchev–Trinajstić information content (AvgIpc) is 2.36. The lowest BCUT2D eigenvalue weighted by atomic mass is 10.1. The minimum Gasteiger partial charge on any atom is -0.448 e. The number of ether oxygens (including phenoxy) is 1. The molecule has 0 N–H and O–H groups in total. The quantitative estimate of drug-likeness (QED) is 0.174. The molecule has 2 nitrogen and oxygen atoms in total. The van der Waals surface area contributed by atoms with Crippen LogP contribution in [0.3, 0.4) is 0 Å². The maximum Gasteiger partial charge on any atom is 0.334 e. The normalized spacial score (nSPS) is 12.2. The van der Waals surface area contributed by atoms with Gasteiger partial charge in [-0.2, -0.15) is 0 Å². The van der Waals surface area contributed by atoms with Gasteiger partial charge in [-0.3, -0.25) is 0 Å². The average molecular weight is 286 g/mol. The summed E-state index contributed by atoms with van der Waals surface area (Å²) in [5, 5.41) is 0. The van der Waals surface area contributed by atoms with Gasteiger partial charge >= 0.3 is 5.97 Å². The van der Waals surface area contributed by atoms with E-state index in [1.807, 2.05) is 0 Å². The van der Waals surface area contributed by atoms with Gasteiger partial charge in [0.15, 0.2) is 0 Å². The summed E-state index contributed by atoms with van der Waals surface area (Å²) in [5.41, 5.74) is 0.153. The van der Waals surface area contributed by atoms with Crippen molar-refractivity contribution in [1.29, 1.82) is 0 Å². The Morgan fingerprint density at radius 1 is 1.05 bits per heavy atom. The van der Waals surface area contributed by atoms with E-state index in [2.05, 4.69) is 26.1 Å². The van der Waals surface area contributed by atoms with Crippen LogP contribution in [0, 0.1) is 0 Å². The zero-order valence-electron chi connectivity index (χ0n) is 12.6. The first-order valence-corrected chi connectivity index (χ1v) is 8.14. The molecule has 0 aromatic rings. The highest BCUT2D eigenvalue weighted by atomic mass is 32.1. The molecule has 0 amide bonds. The van der Waals surface area contributed by atoms with Crippen LogP contribution >= 0.6 is 12.6 Å². The van der Waals surface area contributed by atoms with Crippen molar-refractivity contribution in [1.82, 2.24) is 0 Å². The standard InChI is InChI=1S/C16H30O2S/c1-4-5-6-7-8-9-10-11-12-13-15(19)18-16(17)14(2)3/h15,19H,2,4-13H2,1,3H3. The van der Waals surface area contributed by atoms with Crippen LogP contribution < -0.4 is 0 Å². The van der Waals surface area contributed by atoms with E-state index in [-0.39, 0.29) is 11.4 Å². The van der Waals surface area contributed by atoms with Gasteiger partial charge in [-0.1, -0.05) is 64.9 Å². The van der Waals surface area contributed by atoms with Gasteiger partial charge in [0.25, 0.3) is 0 Å². The number of hydrogen-bond acceptors (Lipinski definition) is 3. The largest absolute Gasteiger partial charge is 0.448 e. The van der Waals surface area contributed by atoms with E-state index in [4.69, 9.17) is 4.74 Å². The summed E-state index contributed by atoms with van der Waals surface area (Å²) in [5.74, 6) is -0.337. The van der Waals surface area contributed by atoms with Crippen molar-refractivity contribution in [3.63, 3.8) is 0 Å². The molecule has 0 radical (unpaired) electrons. The first-order valence-electron chi connectivity index (χ1n) is 7.62. The molecule has 0 aliphatic carbocycles. The molecule has 1 atom stereocenters. The summed E-state index contributed by atoms with van der Waals surface area (Å²) in [6.07, 6.45) is 12.5. The Kier molecular flexibility index (Phi) is 12.3. The topological polar surface area (TPSA) is 26.3 Å². The molecule has 0 aliphatic rings. The second-order valence-electron chi connectivity index (χ2n) is 5.26. The van der Waals surface area contributed by atoms with Crippen molar-refractivity contribution in [2.24, 2.45) is 0 Å². The first kappa shape index (κ1) is 18.6. The zero-order valence-corrected chi connectivity index (χ0v) is 13.5. The highest BCUT2D eigenvalue weighted by Gasteiger charge is 2.09. The Morgan fingerprint density at radius 2 is 1.53 bits per heavy atom. The van der Waals surface area contributed by atoms with E-state index in [1.54, 1.807) is 6.92 Å².